The number of hydrogen-bond acceptors (Lipinski definition) is 3. The molecule has 2 aromatic rings. The van der Waals surface area contributed by atoms with Crippen molar-refractivity contribution in [3.05, 3.63) is 59.7 Å². The van der Waals surface area contributed by atoms with E-state index >= 15 is 0 Å². The van der Waals surface area contributed by atoms with Gasteiger partial charge < -0.3 is 14.8 Å². The number of hydrogen-bond donors (Lipinski definition) is 1. The summed E-state index contributed by atoms with van der Waals surface area (Å²) in [6, 6.07) is 16.7. The Bertz CT molecular complexity index is 549. The molecule has 0 aromatic heterocycles. The van der Waals surface area contributed by atoms with Crippen molar-refractivity contribution in [1.29, 1.82) is 0 Å². The Morgan fingerprint density at radius 2 is 1.62 bits per heavy atom. The maximum atomic E-state index is 5.78. The molecule has 0 atom stereocenters. The van der Waals surface area contributed by atoms with Gasteiger partial charge >= 0.3 is 0 Å². The maximum absolute atomic E-state index is 5.78. The van der Waals surface area contributed by atoms with E-state index in [0.717, 1.165) is 23.6 Å². The van der Waals surface area contributed by atoms with E-state index in [-0.39, 0.29) is 0 Å². The summed E-state index contributed by atoms with van der Waals surface area (Å²) in [5, 5.41) is 3.41. The molecule has 0 aliphatic rings. The molecule has 0 heterocycles. The summed E-state index contributed by atoms with van der Waals surface area (Å²) in [6.45, 7) is 5.76. The molecule has 0 fully saturated rings. The van der Waals surface area contributed by atoms with Crippen molar-refractivity contribution in [1.82, 2.24) is 5.32 Å². The summed E-state index contributed by atoms with van der Waals surface area (Å²) < 4.78 is 11.0. The Labute approximate surface area is 126 Å². The Morgan fingerprint density at radius 1 is 0.952 bits per heavy atom. The normalized spacial score (nSPS) is 10.7. The first-order valence-electron chi connectivity index (χ1n) is 7.25. The van der Waals surface area contributed by atoms with Gasteiger partial charge in [-0.05, 0) is 23.3 Å². The van der Waals surface area contributed by atoms with Crippen LogP contribution in [0.1, 0.15) is 25.0 Å². The lowest BCUT2D eigenvalue weighted by molar-refractivity contribution is 0.303. The lowest BCUT2D eigenvalue weighted by Gasteiger charge is -2.10. The van der Waals surface area contributed by atoms with E-state index in [4.69, 9.17) is 9.47 Å². The molecule has 0 unspecified atom stereocenters. The second-order valence-electron chi connectivity index (χ2n) is 5.32. The first-order chi connectivity index (χ1) is 10.2. The Hall–Kier alpha value is -2.00. The topological polar surface area (TPSA) is 30.5 Å². The van der Waals surface area contributed by atoms with Crippen molar-refractivity contribution in [2.75, 3.05) is 7.11 Å². The van der Waals surface area contributed by atoms with Crippen LogP contribution in [0, 0.1) is 0 Å². The van der Waals surface area contributed by atoms with E-state index in [1.807, 2.05) is 24.3 Å². The molecule has 21 heavy (non-hydrogen) atoms. The largest absolute Gasteiger partial charge is 0.497 e. The van der Waals surface area contributed by atoms with Crippen molar-refractivity contribution in [3.63, 3.8) is 0 Å². The van der Waals surface area contributed by atoms with Crippen LogP contribution in [-0.4, -0.2) is 13.2 Å². The molecule has 0 aliphatic carbocycles. The molecular weight excluding hydrogens is 262 g/mol. The van der Waals surface area contributed by atoms with Gasteiger partial charge in [0.2, 0.25) is 0 Å². The number of methoxy groups -OCH3 is 1. The fraction of sp³-hybridized carbons (Fsp3) is 0.333. The zero-order chi connectivity index (χ0) is 15.1. The van der Waals surface area contributed by atoms with Crippen molar-refractivity contribution in [2.24, 2.45) is 0 Å². The monoisotopic (exact) mass is 285 g/mol. The fourth-order valence-electron chi connectivity index (χ4n) is 1.93. The lowest BCUT2D eigenvalue weighted by atomic mass is 10.1. The van der Waals surface area contributed by atoms with E-state index in [0.29, 0.717) is 12.6 Å². The summed E-state index contributed by atoms with van der Waals surface area (Å²) in [6.07, 6.45) is 0. The van der Waals surface area contributed by atoms with Gasteiger partial charge in [0.05, 0.1) is 7.11 Å². The molecule has 0 spiro atoms. The second kappa shape index (κ2) is 7.70. The molecule has 0 saturated heterocycles. The molecule has 0 amide bonds. The van der Waals surface area contributed by atoms with Crippen LogP contribution in [0.25, 0.3) is 0 Å². The van der Waals surface area contributed by atoms with Crippen LogP contribution in [-0.2, 0) is 13.2 Å². The minimum absolute atomic E-state index is 0.501. The van der Waals surface area contributed by atoms with Crippen molar-refractivity contribution >= 4 is 0 Å². The average molecular weight is 285 g/mol. The summed E-state index contributed by atoms with van der Waals surface area (Å²) in [4.78, 5) is 0. The Balaban J connectivity index is 1.88. The van der Waals surface area contributed by atoms with Crippen LogP contribution >= 0.6 is 0 Å². The van der Waals surface area contributed by atoms with Crippen LogP contribution in [0.2, 0.25) is 0 Å². The number of benzene rings is 2. The molecular formula is C18H23NO2. The molecule has 112 valence electrons. The highest BCUT2D eigenvalue weighted by molar-refractivity contribution is 5.33. The van der Waals surface area contributed by atoms with Gasteiger partial charge in [-0.2, -0.15) is 0 Å². The van der Waals surface area contributed by atoms with Crippen LogP contribution in [0.15, 0.2) is 48.5 Å². The van der Waals surface area contributed by atoms with Gasteiger partial charge in [-0.1, -0.05) is 44.2 Å². The third-order valence-corrected chi connectivity index (χ3v) is 3.18. The maximum Gasteiger partial charge on any atom is 0.123 e. The molecule has 3 heteroatoms. The highest BCUT2D eigenvalue weighted by Gasteiger charge is 2.00. The molecule has 3 nitrogen and oxygen atoms in total. The summed E-state index contributed by atoms with van der Waals surface area (Å²) in [7, 11) is 1.66. The zero-order valence-corrected chi connectivity index (χ0v) is 12.9. The van der Waals surface area contributed by atoms with Crippen LogP contribution in [0.3, 0.4) is 0 Å². The van der Waals surface area contributed by atoms with Gasteiger partial charge in [-0.25, -0.2) is 0 Å². The minimum atomic E-state index is 0.501. The molecule has 0 saturated carbocycles. The van der Waals surface area contributed by atoms with E-state index in [2.05, 4.69) is 43.4 Å². The number of rotatable bonds is 7. The van der Waals surface area contributed by atoms with Crippen LogP contribution < -0.4 is 14.8 Å². The summed E-state index contributed by atoms with van der Waals surface area (Å²) in [5.41, 5.74) is 2.44. The molecule has 1 N–H and O–H groups in total. The first kappa shape index (κ1) is 15.4. The number of nitrogens with one attached hydrogen (secondary N) is 1. The quantitative estimate of drug-likeness (QED) is 0.840. The molecule has 0 radical (unpaired) electrons. The van der Waals surface area contributed by atoms with Crippen molar-refractivity contribution < 1.29 is 9.47 Å². The lowest BCUT2D eigenvalue weighted by Crippen LogP contribution is -2.21. The Kier molecular flexibility index (Phi) is 5.64. The third kappa shape index (κ3) is 5.12. The first-order valence-corrected chi connectivity index (χ1v) is 7.25. The predicted molar refractivity (Wildman–Crippen MR) is 85.7 cm³/mol. The van der Waals surface area contributed by atoms with Gasteiger partial charge in [-0.15, -0.1) is 0 Å². The highest BCUT2D eigenvalue weighted by Crippen LogP contribution is 2.20. The average Bonchev–Trinajstić information content (AvgIpc) is 2.52. The molecule has 0 bridgehead atoms. The Morgan fingerprint density at radius 3 is 2.29 bits per heavy atom. The van der Waals surface area contributed by atoms with Gasteiger partial charge in [0.15, 0.2) is 0 Å². The van der Waals surface area contributed by atoms with Gasteiger partial charge in [0.1, 0.15) is 18.1 Å². The predicted octanol–water partition coefficient (Wildman–Crippen LogP) is 3.77. The van der Waals surface area contributed by atoms with E-state index in [1.54, 1.807) is 7.11 Å². The zero-order valence-electron chi connectivity index (χ0n) is 12.9. The van der Waals surface area contributed by atoms with Crippen LogP contribution in [0.4, 0.5) is 0 Å². The van der Waals surface area contributed by atoms with E-state index in [9.17, 15) is 0 Å². The van der Waals surface area contributed by atoms with E-state index in [1.165, 1.54) is 5.56 Å². The smallest absolute Gasteiger partial charge is 0.123 e. The van der Waals surface area contributed by atoms with Gasteiger partial charge in [-0.3, -0.25) is 0 Å². The standard InChI is InChI=1S/C18H23NO2/c1-14(2)19-12-15-7-9-16(10-8-15)13-21-18-6-4-5-17(11-18)20-3/h4-11,14,19H,12-13H2,1-3H3. The molecule has 2 aromatic carbocycles. The van der Waals surface area contributed by atoms with Crippen LogP contribution in [0.5, 0.6) is 11.5 Å². The second-order valence-corrected chi connectivity index (χ2v) is 5.32. The summed E-state index contributed by atoms with van der Waals surface area (Å²) in [5.74, 6) is 1.63. The van der Waals surface area contributed by atoms with Gasteiger partial charge in [0, 0.05) is 18.7 Å². The fourth-order valence-corrected chi connectivity index (χ4v) is 1.93. The van der Waals surface area contributed by atoms with Crippen molar-refractivity contribution in [3.8, 4) is 11.5 Å². The molecule has 0 aliphatic heterocycles. The SMILES string of the molecule is COc1cccc(OCc2ccc(CNC(C)C)cc2)c1. The van der Waals surface area contributed by atoms with Gasteiger partial charge in [0.25, 0.3) is 0 Å². The minimum Gasteiger partial charge on any atom is -0.497 e. The summed E-state index contributed by atoms with van der Waals surface area (Å²) >= 11 is 0. The van der Waals surface area contributed by atoms with Crippen molar-refractivity contribution in [2.45, 2.75) is 33.0 Å². The highest BCUT2D eigenvalue weighted by atomic mass is 16.5. The van der Waals surface area contributed by atoms with E-state index < -0.39 is 0 Å². The number of ether oxygens (including phenoxy) is 2. The third-order valence-electron chi connectivity index (χ3n) is 3.18. The molecule has 2 rings (SSSR count).